The van der Waals surface area contributed by atoms with E-state index in [9.17, 15) is 0 Å². The molecule has 3 N–H and O–H groups in total. The van der Waals surface area contributed by atoms with Crippen LogP contribution < -0.4 is 10.5 Å². The number of hydrogen-bond donors (Lipinski definition) is 2. The van der Waals surface area contributed by atoms with Crippen molar-refractivity contribution in [2.75, 3.05) is 13.7 Å². The fourth-order valence-electron chi connectivity index (χ4n) is 1.95. The van der Waals surface area contributed by atoms with Crippen molar-refractivity contribution in [2.24, 2.45) is 16.8 Å². The van der Waals surface area contributed by atoms with Gasteiger partial charge in [0.1, 0.15) is 5.75 Å². The van der Waals surface area contributed by atoms with Crippen molar-refractivity contribution in [1.82, 2.24) is 0 Å². The third kappa shape index (κ3) is 3.86. The number of benzene rings is 1. The van der Waals surface area contributed by atoms with E-state index in [0.717, 1.165) is 30.3 Å². The van der Waals surface area contributed by atoms with E-state index in [4.69, 9.17) is 20.4 Å². The van der Waals surface area contributed by atoms with Crippen LogP contribution in [0.25, 0.3) is 0 Å². The van der Waals surface area contributed by atoms with Crippen LogP contribution in [-0.4, -0.2) is 24.8 Å². The molecule has 1 aliphatic rings. The normalized spacial score (nSPS) is 15.5. The van der Waals surface area contributed by atoms with Gasteiger partial charge in [-0.3, -0.25) is 0 Å². The van der Waals surface area contributed by atoms with E-state index >= 15 is 0 Å². The van der Waals surface area contributed by atoms with E-state index in [1.165, 1.54) is 12.8 Å². The first kappa shape index (κ1) is 13.7. The van der Waals surface area contributed by atoms with Gasteiger partial charge in [-0.05, 0) is 30.5 Å². The highest BCUT2D eigenvalue weighted by Crippen LogP contribution is 2.32. The molecule has 0 amide bonds. The lowest BCUT2D eigenvalue weighted by Gasteiger charge is -2.11. The first-order chi connectivity index (χ1) is 9.24. The molecule has 0 aliphatic heterocycles. The van der Waals surface area contributed by atoms with Gasteiger partial charge in [0.05, 0.1) is 13.7 Å². The zero-order chi connectivity index (χ0) is 13.7. The Balaban J connectivity index is 1.98. The van der Waals surface area contributed by atoms with Crippen molar-refractivity contribution >= 4 is 5.84 Å². The first-order valence-corrected chi connectivity index (χ1v) is 6.47. The Morgan fingerprint density at radius 1 is 1.47 bits per heavy atom. The van der Waals surface area contributed by atoms with Crippen LogP contribution in [0.5, 0.6) is 5.75 Å². The van der Waals surface area contributed by atoms with Crippen LogP contribution in [0.1, 0.15) is 30.4 Å². The largest absolute Gasteiger partial charge is 0.496 e. The number of ether oxygens (including phenoxy) is 2. The zero-order valence-corrected chi connectivity index (χ0v) is 11.1. The van der Waals surface area contributed by atoms with Gasteiger partial charge < -0.3 is 20.4 Å². The fraction of sp³-hybridized carbons (Fsp3) is 0.500. The molecule has 5 nitrogen and oxygen atoms in total. The minimum Gasteiger partial charge on any atom is -0.496 e. The molecule has 5 heteroatoms. The molecule has 0 radical (unpaired) electrons. The maximum absolute atomic E-state index is 8.69. The summed E-state index contributed by atoms with van der Waals surface area (Å²) >= 11 is 0. The number of oxime groups is 1. The molecule has 0 heterocycles. The standard InChI is InChI=1S/C14H20N2O3/c1-18-13-5-4-11(14(15)16-17)8-12(13)9-19-7-6-10-2-3-10/h4-5,8,10,17H,2-3,6-7,9H2,1H3,(H2,15,16). The van der Waals surface area contributed by atoms with Crippen molar-refractivity contribution < 1.29 is 14.7 Å². The lowest BCUT2D eigenvalue weighted by atomic mass is 10.1. The van der Waals surface area contributed by atoms with Crippen LogP contribution >= 0.6 is 0 Å². The molecule has 0 aromatic heterocycles. The van der Waals surface area contributed by atoms with Crippen LogP contribution in [0, 0.1) is 5.92 Å². The maximum atomic E-state index is 8.69. The molecular weight excluding hydrogens is 244 g/mol. The zero-order valence-electron chi connectivity index (χ0n) is 11.1. The molecule has 0 spiro atoms. The molecule has 0 unspecified atom stereocenters. The summed E-state index contributed by atoms with van der Waals surface area (Å²) in [7, 11) is 1.62. The van der Waals surface area contributed by atoms with E-state index in [-0.39, 0.29) is 5.84 Å². The summed E-state index contributed by atoms with van der Waals surface area (Å²) < 4.78 is 10.9. The third-order valence-electron chi connectivity index (χ3n) is 3.31. The highest BCUT2D eigenvalue weighted by molar-refractivity contribution is 5.97. The predicted octanol–water partition coefficient (Wildman–Crippen LogP) is 2.11. The number of hydrogen-bond acceptors (Lipinski definition) is 4. The average Bonchev–Trinajstić information content (AvgIpc) is 3.26. The fourth-order valence-corrected chi connectivity index (χ4v) is 1.95. The van der Waals surface area contributed by atoms with Gasteiger partial charge in [-0.1, -0.05) is 18.0 Å². The number of methoxy groups -OCH3 is 1. The number of nitrogens with zero attached hydrogens (tertiary/aromatic N) is 1. The molecule has 1 aromatic carbocycles. The second-order valence-corrected chi connectivity index (χ2v) is 4.80. The second kappa shape index (κ2) is 6.43. The third-order valence-corrected chi connectivity index (χ3v) is 3.31. The average molecular weight is 264 g/mol. The van der Waals surface area contributed by atoms with Gasteiger partial charge in [0.25, 0.3) is 0 Å². The molecule has 104 valence electrons. The summed E-state index contributed by atoms with van der Waals surface area (Å²) in [5.41, 5.74) is 7.14. The van der Waals surface area contributed by atoms with Gasteiger partial charge in [-0.15, -0.1) is 0 Å². The van der Waals surface area contributed by atoms with Crippen LogP contribution in [0.15, 0.2) is 23.4 Å². The summed E-state index contributed by atoms with van der Waals surface area (Å²) in [5, 5.41) is 11.7. The van der Waals surface area contributed by atoms with Gasteiger partial charge in [-0.25, -0.2) is 0 Å². The topological polar surface area (TPSA) is 77.1 Å². The van der Waals surface area contributed by atoms with Crippen LogP contribution in [-0.2, 0) is 11.3 Å². The SMILES string of the molecule is COc1ccc(/C(N)=N/O)cc1COCCC1CC1. The van der Waals surface area contributed by atoms with Crippen molar-refractivity contribution in [2.45, 2.75) is 25.9 Å². The first-order valence-electron chi connectivity index (χ1n) is 6.47. The molecular formula is C14H20N2O3. The van der Waals surface area contributed by atoms with Gasteiger partial charge in [0.15, 0.2) is 5.84 Å². The molecule has 1 saturated carbocycles. The number of rotatable bonds is 7. The summed E-state index contributed by atoms with van der Waals surface area (Å²) in [6, 6.07) is 5.37. The van der Waals surface area contributed by atoms with Crippen molar-refractivity contribution in [3.8, 4) is 5.75 Å². The molecule has 2 rings (SSSR count). The van der Waals surface area contributed by atoms with Crippen LogP contribution in [0.2, 0.25) is 0 Å². The van der Waals surface area contributed by atoms with Gasteiger partial charge in [-0.2, -0.15) is 0 Å². The molecule has 0 bridgehead atoms. The molecule has 1 aromatic rings. The summed E-state index contributed by atoms with van der Waals surface area (Å²) in [6.45, 7) is 1.24. The Hall–Kier alpha value is -1.75. The van der Waals surface area contributed by atoms with E-state index in [2.05, 4.69) is 5.16 Å². The summed E-state index contributed by atoms with van der Waals surface area (Å²) in [6.07, 6.45) is 3.81. The Kier molecular flexibility index (Phi) is 4.63. The van der Waals surface area contributed by atoms with E-state index in [1.807, 2.05) is 6.07 Å². The summed E-state index contributed by atoms with van der Waals surface area (Å²) in [4.78, 5) is 0. The molecule has 0 atom stereocenters. The Morgan fingerprint density at radius 2 is 2.26 bits per heavy atom. The number of nitrogens with two attached hydrogens (primary N) is 1. The maximum Gasteiger partial charge on any atom is 0.170 e. The smallest absolute Gasteiger partial charge is 0.170 e. The minimum absolute atomic E-state index is 0.0851. The lowest BCUT2D eigenvalue weighted by molar-refractivity contribution is 0.113. The van der Waals surface area contributed by atoms with Crippen molar-refractivity contribution in [3.63, 3.8) is 0 Å². The van der Waals surface area contributed by atoms with Gasteiger partial charge in [0, 0.05) is 17.7 Å². The second-order valence-electron chi connectivity index (χ2n) is 4.80. The molecule has 0 saturated heterocycles. The quantitative estimate of drug-likeness (QED) is 0.260. The van der Waals surface area contributed by atoms with Crippen LogP contribution in [0.3, 0.4) is 0 Å². The Bertz CT molecular complexity index is 456. The van der Waals surface area contributed by atoms with E-state index < -0.39 is 0 Å². The van der Waals surface area contributed by atoms with Crippen molar-refractivity contribution in [3.05, 3.63) is 29.3 Å². The van der Waals surface area contributed by atoms with E-state index in [0.29, 0.717) is 12.2 Å². The highest BCUT2D eigenvalue weighted by atomic mass is 16.5. The summed E-state index contributed by atoms with van der Waals surface area (Å²) in [5.74, 6) is 1.70. The highest BCUT2D eigenvalue weighted by Gasteiger charge is 2.20. The van der Waals surface area contributed by atoms with Crippen molar-refractivity contribution in [1.29, 1.82) is 0 Å². The predicted molar refractivity (Wildman–Crippen MR) is 72.5 cm³/mol. The monoisotopic (exact) mass is 264 g/mol. The van der Waals surface area contributed by atoms with Gasteiger partial charge >= 0.3 is 0 Å². The molecule has 1 aliphatic carbocycles. The van der Waals surface area contributed by atoms with Gasteiger partial charge in [0.2, 0.25) is 0 Å². The Morgan fingerprint density at radius 3 is 2.89 bits per heavy atom. The number of amidine groups is 1. The minimum atomic E-state index is 0.0851. The van der Waals surface area contributed by atoms with Crippen LogP contribution in [0.4, 0.5) is 0 Å². The lowest BCUT2D eigenvalue weighted by Crippen LogP contribution is -2.13. The van der Waals surface area contributed by atoms with E-state index in [1.54, 1.807) is 19.2 Å². The molecule has 1 fully saturated rings. The Labute approximate surface area is 113 Å². The molecule has 19 heavy (non-hydrogen) atoms.